The van der Waals surface area contributed by atoms with Crippen molar-refractivity contribution in [2.24, 2.45) is 0 Å². The number of carbonyl (C=O) groups excluding carboxylic acids is 2. The molecule has 0 aromatic heterocycles. The highest BCUT2D eigenvalue weighted by molar-refractivity contribution is 9.10. The normalized spacial score (nSPS) is 12.1. The largest absolute Gasteiger partial charge is 0.494 e. The van der Waals surface area contributed by atoms with Crippen LogP contribution >= 0.6 is 15.9 Å². The van der Waals surface area contributed by atoms with Crippen molar-refractivity contribution in [2.45, 2.75) is 64.6 Å². The fourth-order valence-corrected chi connectivity index (χ4v) is 6.12. The summed E-state index contributed by atoms with van der Waals surface area (Å²) >= 11 is 3.35. The number of ether oxygens (including phenoxy) is 1. The van der Waals surface area contributed by atoms with Gasteiger partial charge < -0.3 is 15.0 Å². The van der Waals surface area contributed by atoms with E-state index in [1.54, 1.807) is 36.4 Å². The van der Waals surface area contributed by atoms with Crippen molar-refractivity contribution >= 4 is 43.5 Å². The number of carbonyl (C=O) groups is 2. The molecule has 0 aliphatic rings. The number of hydrogen-bond donors (Lipinski definition) is 1. The lowest BCUT2D eigenvalue weighted by Crippen LogP contribution is -2.53. The van der Waals surface area contributed by atoms with E-state index in [1.165, 1.54) is 17.0 Å². The van der Waals surface area contributed by atoms with Crippen LogP contribution in [-0.2, 0) is 26.2 Å². The molecule has 1 atom stereocenters. The van der Waals surface area contributed by atoms with Crippen LogP contribution < -0.4 is 14.4 Å². The standard InChI is InChI=1S/C31H38BrN3O5S/c1-6-29(31(37)33-22(3)4)34(20-24-10-8-9-23(5)19-24)30(36)21-35(26-13-15-27(16-14-26)40-7-2)41(38,39)28-17-11-25(32)12-18-28/h8-19,22,29H,6-7,20-21H2,1-5H3,(H,33,37)/t29-/m1/s1. The van der Waals surface area contributed by atoms with Crippen LogP contribution in [0.25, 0.3) is 0 Å². The summed E-state index contributed by atoms with van der Waals surface area (Å²) in [6, 6.07) is 19.6. The number of nitrogens with zero attached hydrogens (tertiary/aromatic N) is 2. The Morgan fingerprint density at radius 1 is 0.976 bits per heavy atom. The number of hydrogen-bond acceptors (Lipinski definition) is 5. The molecule has 0 spiro atoms. The molecule has 10 heteroatoms. The van der Waals surface area contributed by atoms with Gasteiger partial charge >= 0.3 is 0 Å². The van der Waals surface area contributed by atoms with Gasteiger partial charge in [0.15, 0.2) is 0 Å². The molecule has 0 aliphatic heterocycles. The van der Waals surface area contributed by atoms with Crippen LogP contribution in [-0.4, -0.2) is 50.4 Å². The van der Waals surface area contributed by atoms with Gasteiger partial charge in [0, 0.05) is 17.1 Å². The lowest BCUT2D eigenvalue weighted by molar-refractivity contribution is -0.140. The van der Waals surface area contributed by atoms with Crippen LogP contribution in [0.1, 0.15) is 45.2 Å². The number of anilines is 1. The Balaban J connectivity index is 2.07. The summed E-state index contributed by atoms with van der Waals surface area (Å²) < 4.78 is 35.3. The number of halogens is 1. The Labute approximate surface area is 251 Å². The van der Waals surface area contributed by atoms with E-state index < -0.39 is 28.5 Å². The second-order valence-electron chi connectivity index (χ2n) is 9.99. The zero-order valence-electron chi connectivity index (χ0n) is 24.1. The maximum absolute atomic E-state index is 14.1. The quantitative estimate of drug-likeness (QED) is 0.258. The molecule has 0 bridgehead atoms. The van der Waals surface area contributed by atoms with Gasteiger partial charge in [0.25, 0.3) is 10.0 Å². The minimum Gasteiger partial charge on any atom is -0.494 e. The second kappa shape index (κ2) is 14.5. The highest BCUT2D eigenvalue weighted by Crippen LogP contribution is 2.27. The van der Waals surface area contributed by atoms with E-state index in [0.717, 1.165) is 19.9 Å². The Hall–Kier alpha value is -3.37. The molecular formula is C31H38BrN3O5S. The maximum Gasteiger partial charge on any atom is 0.264 e. The van der Waals surface area contributed by atoms with Gasteiger partial charge in [0.1, 0.15) is 18.3 Å². The number of aryl methyl sites for hydroxylation is 1. The van der Waals surface area contributed by atoms with Gasteiger partial charge in [0.05, 0.1) is 17.2 Å². The van der Waals surface area contributed by atoms with E-state index in [9.17, 15) is 18.0 Å². The Kier molecular flexibility index (Phi) is 11.4. The molecule has 8 nitrogen and oxygen atoms in total. The van der Waals surface area contributed by atoms with Crippen LogP contribution in [0.15, 0.2) is 82.2 Å². The highest BCUT2D eigenvalue weighted by Gasteiger charge is 2.34. The fourth-order valence-electron chi connectivity index (χ4n) is 4.45. The van der Waals surface area contributed by atoms with Gasteiger partial charge in [-0.25, -0.2) is 8.42 Å². The molecule has 0 heterocycles. The summed E-state index contributed by atoms with van der Waals surface area (Å²) in [5.74, 6) is -0.195. The van der Waals surface area contributed by atoms with E-state index in [-0.39, 0.29) is 23.4 Å². The lowest BCUT2D eigenvalue weighted by Gasteiger charge is -2.33. The minimum atomic E-state index is -4.15. The van der Waals surface area contributed by atoms with Crippen LogP contribution in [0.5, 0.6) is 5.75 Å². The van der Waals surface area contributed by atoms with Crippen molar-refractivity contribution in [1.82, 2.24) is 10.2 Å². The average Bonchev–Trinajstić information content (AvgIpc) is 2.92. The van der Waals surface area contributed by atoms with E-state index in [4.69, 9.17) is 4.74 Å². The number of nitrogens with one attached hydrogen (secondary N) is 1. The van der Waals surface area contributed by atoms with E-state index >= 15 is 0 Å². The summed E-state index contributed by atoms with van der Waals surface area (Å²) in [5, 5.41) is 2.91. The van der Waals surface area contributed by atoms with E-state index in [0.29, 0.717) is 24.5 Å². The van der Waals surface area contributed by atoms with Crippen molar-refractivity contribution in [1.29, 1.82) is 0 Å². The molecule has 0 unspecified atom stereocenters. The molecule has 41 heavy (non-hydrogen) atoms. The number of benzene rings is 3. The first-order valence-electron chi connectivity index (χ1n) is 13.6. The third kappa shape index (κ3) is 8.56. The summed E-state index contributed by atoms with van der Waals surface area (Å²) in [6.07, 6.45) is 0.360. The zero-order valence-corrected chi connectivity index (χ0v) is 26.5. The van der Waals surface area contributed by atoms with Crippen molar-refractivity contribution in [3.8, 4) is 5.75 Å². The van der Waals surface area contributed by atoms with Gasteiger partial charge in [0.2, 0.25) is 11.8 Å². The number of amides is 2. The van der Waals surface area contributed by atoms with Crippen LogP contribution in [0.3, 0.4) is 0 Å². The molecule has 1 N–H and O–H groups in total. The predicted octanol–water partition coefficient (Wildman–Crippen LogP) is 5.68. The first-order chi connectivity index (χ1) is 19.5. The third-order valence-corrected chi connectivity index (χ3v) is 8.69. The first kappa shape index (κ1) is 32.1. The summed E-state index contributed by atoms with van der Waals surface area (Å²) in [6.45, 7) is 9.48. The van der Waals surface area contributed by atoms with Crippen LogP contribution in [0.2, 0.25) is 0 Å². The highest BCUT2D eigenvalue weighted by atomic mass is 79.9. The van der Waals surface area contributed by atoms with Crippen molar-refractivity contribution in [3.05, 3.63) is 88.4 Å². The molecule has 0 aliphatic carbocycles. The van der Waals surface area contributed by atoms with E-state index in [1.807, 2.05) is 58.9 Å². The van der Waals surface area contributed by atoms with Gasteiger partial charge in [-0.2, -0.15) is 0 Å². The van der Waals surface area contributed by atoms with Gasteiger partial charge in [-0.3, -0.25) is 13.9 Å². The topological polar surface area (TPSA) is 96.0 Å². The molecule has 0 fully saturated rings. The van der Waals surface area contributed by atoms with Crippen molar-refractivity contribution in [3.63, 3.8) is 0 Å². The SMILES string of the molecule is CCOc1ccc(N(CC(=O)N(Cc2cccc(C)c2)[C@H](CC)C(=O)NC(C)C)S(=O)(=O)c2ccc(Br)cc2)cc1. The van der Waals surface area contributed by atoms with Crippen molar-refractivity contribution < 1.29 is 22.7 Å². The number of rotatable bonds is 13. The first-order valence-corrected chi connectivity index (χ1v) is 15.9. The summed E-state index contributed by atoms with van der Waals surface area (Å²) in [7, 11) is -4.15. The van der Waals surface area contributed by atoms with Crippen molar-refractivity contribution in [2.75, 3.05) is 17.5 Å². The molecule has 3 aromatic rings. The Morgan fingerprint density at radius 3 is 2.20 bits per heavy atom. The Morgan fingerprint density at radius 2 is 1.63 bits per heavy atom. The molecule has 0 radical (unpaired) electrons. The molecule has 3 aromatic carbocycles. The second-order valence-corrected chi connectivity index (χ2v) is 12.8. The van der Waals surface area contributed by atoms with Gasteiger partial charge in [-0.1, -0.05) is 52.7 Å². The van der Waals surface area contributed by atoms with E-state index in [2.05, 4.69) is 21.2 Å². The average molecular weight is 645 g/mol. The van der Waals surface area contributed by atoms with Crippen LogP contribution in [0, 0.1) is 6.92 Å². The zero-order chi connectivity index (χ0) is 30.2. The molecule has 3 rings (SSSR count). The summed E-state index contributed by atoms with van der Waals surface area (Å²) in [5.41, 5.74) is 2.17. The van der Waals surface area contributed by atoms with Gasteiger partial charge in [-0.05, 0) is 88.2 Å². The molecule has 220 valence electrons. The molecular weight excluding hydrogens is 606 g/mol. The molecule has 2 amide bonds. The monoisotopic (exact) mass is 643 g/mol. The third-order valence-electron chi connectivity index (χ3n) is 6.37. The Bertz CT molecular complexity index is 1430. The molecule has 0 saturated heterocycles. The molecule has 0 saturated carbocycles. The fraction of sp³-hybridized carbons (Fsp3) is 0.355. The van der Waals surface area contributed by atoms with Gasteiger partial charge in [-0.15, -0.1) is 0 Å². The maximum atomic E-state index is 14.1. The van der Waals surface area contributed by atoms with Crippen LogP contribution in [0.4, 0.5) is 5.69 Å². The smallest absolute Gasteiger partial charge is 0.264 e. The lowest BCUT2D eigenvalue weighted by atomic mass is 10.1. The summed E-state index contributed by atoms with van der Waals surface area (Å²) in [4.78, 5) is 28.9. The minimum absolute atomic E-state index is 0.0391. The number of sulfonamides is 1. The predicted molar refractivity (Wildman–Crippen MR) is 165 cm³/mol.